The summed E-state index contributed by atoms with van der Waals surface area (Å²) in [5.41, 5.74) is -0.171. The number of rotatable bonds is 6. The maximum absolute atomic E-state index is 13.2. The van der Waals surface area contributed by atoms with E-state index in [1.165, 1.54) is 19.3 Å². The molecule has 138 valence electrons. The van der Waals surface area contributed by atoms with E-state index >= 15 is 0 Å². The Morgan fingerprint density at radius 2 is 1.67 bits per heavy atom. The number of ether oxygens (including phenoxy) is 1. The maximum Gasteiger partial charge on any atom is 0.415 e. The van der Waals surface area contributed by atoms with Crippen molar-refractivity contribution in [2.24, 2.45) is 23.2 Å². The van der Waals surface area contributed by atoms with E-state index in [0.717, 1.165) is 19.3 Å². The summed E-state index contributed by atoms with van der Waals surface area (Å²) in [7, 11) is 0. The lowest BCUT2D eigenvalue weighted by molar-refractivity contribution is -0.433. The first-order chi connectivity index (χ1) is 11.2. The van der Waals surface area contributed by atoms with Gasteiger partial charge in [-0.05, 0) is 63.2 Å². The summed E-state index contributed by atoms with van der Waals surface area (Å²) in [6.07, 6.45) is 1.48. The molecule has 0 aliphatic heterocycles. The van der Waals surface area contributed by atoms with Gasteiger partial charge in [0.15, 0.2) is 0 Å². The molecule has 1 N–H and O–H groups in total. The average molecular weight is 370 g/mol. The molecule has 1 atom stereocenters. The van der Waals surface area contributed by atoms with Crippen molar-refractivity contribution in [3.05, 3.63) is 0 Å². The highest BCUT2D eigenvalue weighted by Crippen LogP contribution is 2.60. The SMILES string of the molecule is CC(SOOO)(C(=O)OCC12CC3CC(CC(C3)C1)C2)C(F)(F)F. The molecular formula is C15H21F3O5S. The van der Waals surface area contributed by atoms with Crippen molar-refractivity contribution in [1.29, 1.82) is 0 Å². The Balaban J connectivity index is 1.65. The summed E-state index contributed by atoms with van der Waals surface area (Å²) >= 11 is -0.316. The van der Waals surface area contributed by atoms with Crippen LogP contribution in [0, 0.1) is 23.2 Å². The zero-order valence-corrected chi connectivity index (χ0v) is 14.1. The molecule has 9 heteroatoms. The van der Waals surface area contributed by atoms with Gasteiger partial charge in [0.1, 0.15) is 0 Å². The molecule has 5 nitrogen and oxygen atoms in total. The molecule has 0 heterocycles. The van der Waals surface area contributed by atoms with Crippen LogP contribution in [0.25, 0.3) is 0 Å². The molecule has 4 fully saturated rings. The molecule has 4 aliphatic carbocycles. The van der Waals surface area contributed by atoms with Gasteiger partial charge in [-0.25, -0.2) is 5.26 Å². The van der Waals surface area contributed by atoms with Gasteiger partial charge in [-0.15, -0.1) is 4.33 Å². The van der Waals surface area contributed by atoms with Crippen molar-refractivity contribution in [2.45, 2.75) is 56.4 Å². The molecule has 4 aliphatic rings. The first-order valence-corrected chi connectivity index (χ1v) is 8.81. The normalized spacial score (nSPS) is 37.3. The van der Waals surface area contributed by atoms with Crippen LogP contribution in [-0.2, 0) is 18.9 Å². The highest BCUT2D eigenvalue weighted by atomic mass is 32.2. The second kappa shape index (κ2) is 6.34. The summed E-state index contributed by atoms with van der Waals surface area (Å²) in [5.74, 6) is 0.422. The Morgan fingerprint density at radius 3 is 2.08 bits per heavy atom. The Morgan fingerprint density at radius 1 is 1.17 bits per heavy atom. The summed E-state index contributed by atoms with van der Waals surface area (Å²) < 4.78 is 45.7. The molecule has 0 radical (unpaired) electrons. The number of halogens is 3. The lowest BCUT2D eigenvalue weighted by Gasteiger charge is -2.56. The molecule has 0 amide bonds. The summed E-state index contributed by atoms with van der Waals surface area (Å²) in [6, 6.07) is 0. The van der Waals surface area contributed by atoms with E-state index in [1.807, 2.05) is 0 Å². The van der Waals surface area contributed by atoms with Gasteiger partial charge in [-0.1, -0.05) is 5.04 Å². The van der Waals surface area contributed by atoms with Gasteiger partial charge in [0, 0.05) is 5.41 Å². The van der Waals surface area contributed by atoms with Crippen LogP contribution in [0.4, 0.5) is 13.2 Å². The first kappa shape index (κ1) is 18.3. The van der Waals surface area contributed by atoms with E-state index in [4.69, 9.17) is 9.99 Å². The van der Waals surface area contributed by atoms with Crippen molar-refractivity contribution in [1.82, 2.24) is 0 Å². The number of carbonyl (C=O) groups excluding carboxylic acids is 1. The van der Waals surface area contributed by atoms with Crippen molar-refractivity contribution < 1.29 is 37.3 Å². The predicted octanol–water partition coefficient (Wildman–Crippen LogP) is 4.14. The van der Waals surface area contributed by atoms with Crippen LogP contribution in [0.3, 0.4) is 0 Å². The van der Waals surface area contributed by atoms with Gasteiger partial charge in [0.2, 0.25) is 4.75 Å². The topological polar surface area (TPSA) is 65.0 Å². The van der Waals surface area contributed by atoms with E-state index in [0.29, 0.717) is 24.7 Å². The quantitative estimate of drug-likeness (QED) is 0.328. The zero-order valence-electron chi connectivity index (χ0n) is 13.3. The smallest absolute Gasteiger partial charge is 0.415 e. The Hall–Kier alpha value is -0.510. The molecular weight excluding hydrogens is 349 g/mol. The fourth-order valence-electron chi connectivity index (χ4n) is 5.10. The molecule has 24 heavy (non-hydrogen) atoms. The Bertz CT molecular complexity index is 463. The largest absolute Gasteiger partial charge is 0.464 e. The minimum absolute atomic E-state index is 0.0154. The van der Waals surface area contributed by atoms with E-state index in [-0.39, 0.29) is 24.1 Å². The second-order valence-electron chi connectivity index (χ2n) is 7.75. The highest BCUT2D eigenvalue weighted by molar-refractivity contribution is 7.96. The Labute approximate surface area is 142 Å². The zero-order chi connectivity index (χ0) is 17.6. The fourth-order valence-corrected chi connectivity index (χ4v) is 5.49. The monoisotopic (exact) mass is 370 g/mol. The van der Waals surface area contributed by atoms with Gasteiger partial charge >= 0.3 is 12.1 Å². The summed E-state index contributed by atoms with van der Waals surface area (Å²) in [5, 5.41) is 11.3. The van der Waals surface area contributed by atoms with Gasteiger partial charge in [0.05, 0.1) is 18.6 Å². The van der Waals surface area contributed by atoms with E-state index in [1.54, 1.807) is 0 Å². The van der Waals surface area contributed by atoms with Crippen LogP contribution in [0.15, 0.2) is 0 Å². The standard InChI is InChI=1S/C15H21F3O5S/c1-13(15(16,17)18,24-23-22-20)12(19)21-8-14-5-9-2-10(6-14)4-11(3-9)7-14/h9-11,20H,2-8H2,1H3. The van der Waals surface area contributed by atoms with Crippen molar-refractivity contribution in [2.75, 3.05) is 6.61 Å². The maximum atomic E-state index is 13.2. The molecule has 0 aromatic carbocycles. The number of carbonyl (C=O) groups is 1. The third-order valence-electron chi connectivity index (χ3n) is 5.84. The van der Waals surface area contributed by atoms with Crippen LogP contribution in [0.5, 0.6) is 0 Å². The number of alkyl halides is 3. The van der Waals surface area contributed by atoms with Gasteiger partial charge in [0.25, 0.3) is 0 Å². The number of hydrogen-bond acceptors (Lipinski definition) is 6. The molecule has 0 aromatic rings. The molecule has 4 rings (SSSR count). The molecule has 0 spiro atoms. The third kappa shape index (κ3) is 3.27. The van der Waals surface area contributed by atoms with Crippen LogP contribution in [-0.4, -0.2) is 28.8 Å². The van der Waals surface area contributed by atoms with E-state index in [9.17, 15) is 18.0 Å². The molecule has 0 aromatic heterocycles. The van der Waals surface area contributed by atoms with Crippen molar-refractivity contribution >= 4 is 18.0 Å². The van der Waals surface area contributed by atoms with Crippen LogP contribution >= 0.6 is 12.0 Å². The second-order valence-corrected chi connectivity index (χ2v) is 8.87. The number of esters is 1. The highest BCUT2D eigenvalue weighted by Gasteiger charge is 2.61. The van der Waals surface area contributed by atoms with Gasteiger partial charge in [-0.2, -0.15) is 13.2 Å². The van der Waals surface area contributed by atoms with Crippen molar-refractivity contribution in [3.8, 4) is 0 Å². The Kier molecular flexibility index (Phi) is 4.83. The van der Waals surface area contributed by atoms with Crippen LogP contribution < -0.4 is 0 Å². The van der Waals surface area contributed by atoms with Gasteiger partial charge < -0.3 is 4.74 Å². The molecule has 4 saturated carbocycles. The fraction of sp³-hybridized carbons (Fsp3) is 0.933. The minimum Gasteiger partial charge on any atom is -0.464 e. The third-order valence-corrected chi connectivity index (χ3v) is 6.70. The lowest BCUT2D eigenvalue weighted by Crippen LogP contribution is -2.51. The molecule has 1 unspecified atom stereocenters. The molecule has 0 saturated heterocycles. The van der Waals surface area contributed by atoms with Crippen molar-refractivity contribution in [3.63, 3.8) is 0 Å². The number of hydrogen-bond donors (Lipinski definition) is 1. The predicted molar refractivity (Wildman–Crippen MR) is 78.4 cm³/mol. The summed E-state index contributed by atoms with van der Waals surface area (Å²) in [6.45, 7) is 0.667. The van der Waals surface area contributed by atoms with Crippen LogP contribution in [0.1, 0.15) is 45.4 Å². The molecule has 4 bridgehead atoms. The van der Waals surface area contributed by atoms with Crippen LogP contribution in [0.2, 0.25) is 0 Å². The van der Waals surface area contributed by atoms with E-state index in [2.05, 4.69) is 9.37 Å². The first-order valence-electron chi connectivity index (χ1n) is 8.07. The van der Waals surface area contributed by atoms with E-state index < -0.39 is 16.9 Å². The minimum atomic E-state index is -4.91. The summed E-state index contributed by atoms with van der Waals surface area (Å²) in [4.78, 5) is 12.1. The lowest BCUT2D eigenvalue weighted by atomic mass is 9.50. The van der Waals surface area contributed by atoms with Gasteiger partial charge in [-0.3, -0.25) is 4.79 Å². The average Bonchev–Trinajstić information content (AvgIpc) is 2.47.